The highest BCUT2D eigenvalue weighted by atomic mass is 16.5. The molecule has 0 fully saturated rings. The first-order valence-electron chi connectivity index (χ1n) is 6.79. The van der Waals surface area contributed by atoms with Crippen LogP contribution in [-0.2, 0) is 11.2 Å². The molecule has 0 bridgehead atoms. The molecule has 4 heteroatoms. The minimum Gasteiger partial charge on any atom is -0.507 e. The van der Waals surface area contributed by atoms with Gasteiger partial charge in [0.2, 0.25) is 0 Å². The van der Waals surface area contributed by atoms with Crippen LogP contribution in [0.5, 0.6) is 11.5 Å². The summed E-state index contributed by atoms with van der Waals surface area (Å²) in [5, 5.41) is 9.75. The lowest BCUT2D eigenvalue weighted by atomic mass is 10.1. The van der Waals surface area contributed by atoms with Gasteiger partial charge >= 0.3 is 5.97 Å². The average molecular weight is 286 g/mol. The van der Waals surface area contributed by atoms with Gasteiger partial charge in [0.25, 0.3) is 0 Å². The Morgan fingerprint density at radius 1 is 1.14 bits per heavy atom. The third kappa shape index (κ3) is 4.24. The summed E-state index contributed by atoms with van der Waals surface area (Å²) in [6.45, 7) is 0.319. The number of hydrogen-bond donors (Lipinski definition) is 1. The van der Waals surface area contributed by atoms with Gasteiger partial charge in [-0.05, 0) is 30.5 Å². The van der Waals surface area contributed by atoms with E-state index >= 15 is 0 Å². The predicted octanol–water partition coefficient (Wildman–Crippen LogP) is 3.19. The molecule has 0 heterocycles. The van der Waals surface area contributed by atoms with Crippen LogP contribution in [-0.4, -0.2) is 24.8 Å². The van der Waals surface area contributed by atoms with Gasteiger partial charge in [-0.15, -0.1) is 0 Å². The first-order chi connectivity index (χ1) is 10.2. The highest BCUT2D eigenvalue weighted by molar-refractivity contribution is 5.92. The second kappa shape index (κ2) is 7.33. The van der Waals surface area contributed by atoms with E-state index in [-0.39, 0.29) is 11.3 Å². The molecule has 2 aromatic rings. The molecule has 0 atom stereocenters. The van der Waals surface area contributed by atoms with Crippen molar-refractivity contribution in [1.82, 2.24) is 0 Å². The maximum atomic E-state index is 11.9. The number of rotatable bonds is 6. The number of phenolic OH excluding ortho intramolecular Hbond substituents is 1. The van der Waals surface area contributed by atoms with E-state index in [4.69, 9.17) is 9.47 Å². The molecule has 0 aliphatic carbocycles. The summed E-state index contributed by atoms with van der Waals surface area (Å²) in [6, 6.07) is 14.5. The molecular weight excluding hydrogens is 268 g/mol. The summed E-state index contributed by atoms with van der Waals surface area (Å²) in [6.07, 6.45) is 1.59. The van der Waals surface area contributed by atoms with E-state index < -0.39 is 5.97 Å². The first kappa shape index (κ1) is 14.9. The SMILES string of the molecule is COc1ccc(C(=O)OCCCc2ccccc2)c(O)c1. The van der Waals surface area contributed by atoms with Crippen molar-refractivity contribution in [3.8, 4) is 11.5 Å². The molecular formula is C17H18O4. The molecule has 4 nitrogen and oxygen atoms in total. The Morgan fingerprint density at radius 3 is 2.57 bits per heavy atom. The molecule has 2 rings (SSSR count). The van der Waals surface area contributed by atoms with Crippen LogP contribution in [0.1, 0.15) is 22.3 Å². The molecule has 0 aliphatic rings. The largest absolute Gasteiger partial charge is 0.507 e. The third-order valence-corrected chi connectivity index (χ3v) is 3.11. The van der Waals surface area contributed by atoms with Crippen LogP contribution >= 0.6 is 0 Å². The normalized spacial score (nSPS) is 10.1. The first-order valence-corrected chi connectivity index (χ1v) is 6.79. The lowest BCUT2D eigenvalue weighted by molar-refractivity contribution is 0.0497. The fraction of sp³-hybridized carbons (Fsp3) is 0.235. The molecule has 0 radical (unpaired) electrons. The molecule has 0 spiro atoms. The van der Waals surface area contributed by atoms with Crippen molar-refractivity contribution in [2.75, 3.05) is 13.7 Å². The van der Waals surface area contributed by atoms with E-state index in [1.54, 1.807) is 6.07 Å². The highest BCUT2D eigenvalue weighted by Crippen LogP contribution is 2.24. The topological polar surface area (TPSA) is 55.8 Å². The van der Waals surface area contributed by atoms with Crippen LogP contribution in [0.25, 0.3) is 0 Å². The Hall–Kier alpha value is -2.49. The molecule has 0 aliphatic heterocycles. The number of esters is 1. The Kier molecular flexibility index (Phi) is 5.21. The van der Waals surface area contributed by atoms with Crippen molar-refractivity contribution in [2.45, 2.75) is 12.8 Å². The van der Waals surface area contributed by atoms with E-state index in [0.717, 1.165) is 12.8 Å². The molecule has 0 amide bonds. The lowest BCUT2D eigenvalue weighted by Crippen LogP contribution is -2.07. The van der Waals surface area contributed by atoms with Crippen LogP contribution in [0.2, 0.25) is 0 Å². The lowest BCUT2D eigenvalue weighted by Gasteiger charge is -2.07. The molecule has 0 unspecified atom stereocenters. The van der Waals surface area contributed by atoms with Crippen molar-refractivity contribution in [2.24, 2.45) is 0 Å². The number of carbonyl (C=O) groups excluding carboxylic acids is 1. The third-order valence-electron chi connectivity index (χ3n) is 3.11. The van der Waals surface area contributed by atoms with E-state index in [1.165, 1.54) is 24.8 Å². The number of methoxy groups -OCH3 is 1. The smallest absolute Gasteiger partial charge is 0.341 e. The van der Waals surface area contributed by atoms with Gasteiger partial charge in [0.1, 0.15) is 17.1 Å². The van der Waals surface area contributed by atoms with Gasteiger partial charge in [-0.3, -0.25) is 0 Å². The Balaban J connectivity index is 1.82. The molecule has 0 aromatic heterocycles. The molecule has 110 valence electrons. The second-order valence-electron chi connectivity index (χ2n) is 4.61. The Labute approximate surface area is 123 Å². The molecule has 0 saturated carbocycles. The zero-order valence-electron chi connectivity index (χ0n) is 11.9. The standard InChI is InChI=1S/C17H18O4/c1-20-14-9-10-15(16(18)12-14)17(19)21-11-5-8-13-6-3-2-4-7-13/h2-4,6-7,9-10,12,18H,5,8,11H2,1H3. The molecule has 21 heavy (non-hydrogen) atoms. The zero-order valence-corrected chi connectivity index (χ0v) is 11.9. The van der Waals surface area contributed by atoms with Crippen molar-refractivity contribution in [1.29, 1.82) is 0 Å². The van der Waals surface area contributed by atoms with E-state index in [2.05, 4.69) is 0 Å². The van der Waals surface area contributed by atoms with Gasteiger partial charge in [-0.2, -0.15) is 0 Å². The number of benzene rings is 2. The second-order valence-corrected chi connectivity index (χ2v) is 4.61. The number of aromatic hydroxyl groups is 1. The number of carbonyl (C=O) groups is 1. The van der Waals surface area contributed by atoms with Crippen molar-refractivity contribution < 1.29 is 19.4 Å². The Bertz CT molecular complexity index is 593. The highest BCUT2D eigenvalue weighted by Gasteiger charge is 2.13. The van der Waals surface area contributed by atoms with Crippen LogP contribution < -0.4 is 4.74 Å². The summed E-state index contributed by atoms with van der Waals surface area (Å²) in [4.78, 5) is 11.9. The average Bonchev–Trinajstić information content (AvgIpc) is 2.52. The fourth-order valence-corrected chi connectivity index (χ4v) is 1.97. The number of phenols is 1. The van der Waals surface area contributed by atoms with E-state index in [0.29, 0.717) is 12.4 Å². The number of aryl methyl sites for hydroxylation is 1. The van der Waals surface area contributed by atoms with Crippen LogP contribution in [0.15, 0.2) is 48.5 Å². The van der Waals surface area contributed by atoms with E-state index in [1.807, 2.05) is 30.3 Å². The molecule has 1 N–H and O–H groups in total. The van der Waals surface area contributed by atoms with Gasteiger partial charge in [0.05, 0.1) is 13.7 Å². The number of hydrogen-bond acceptors (Lipinski definition) is 4. The Morgan fingerprint density at radius 2 is 1.90 bits per heavy atom. The molecule has 2 aromatic carbocycles. The van der Waals surface area contributed by atoms with Crippen molar-refractivity contribution >= 4 is 5.97 Å². The summed E-state index contributed by atoms with van der Waals surface area (Å²) in [5.74, 6) is -0.168. The summed E-state index contributed by atoms with van der Waals surface area (Å²) < 4.78 is 10.1. The van der Waals surface area contributed by atoms with Crippen molar-refractivity contribution in [3.05, 3.63) is 59.7 Å². The maximum absolute atomic E-state index is 11.9. The number of ether oxygens (including phenoxy) is 2. The predicted molar refractivity (Wildman–Crippen MR) is 79.7 cm³/mol. The van der Waals surface area contributed by atoms with Gasteiger partial charge in [0, 0.05) is 6.07 Å². The van der Waals surface area contributed by atoms with Crippen LogP contribution in [0.4, 0.5) is 0 Å². The van der Waals surface area contributed by atoms with Crippen LogP contribution in [0.3, 0.4) is 0 Å². The van der Waals surface area contributed by atoms with Gasteiger partial charge in [0.15, 0.2) is 0 Å². The summed E-state index contributed by atoms with van der Waals surface area (Å²) in [7, 11) is 1.50. The summed E-state index contributed by atoms with van der Waals surface area (Å²) in [5.41, 5.74) is 1.36. The van der Waals surface area contributed by atoms with Gasteiger partial charge in [-0.25, -0.2) is 4.79 Å². The van der Waals surface area contributed by atoms with Gasteiger partial charge in [-0.1, -0.05) is 30.3 Å². The van der Waals surface area contributed by atoms with Crippen molar-refractivity contribution in [3.63, 3.8) is 0 Å². The van der Waals surface area contributed by atoms with E-state index in [9.17, 15) is 9.90 Å². The fourth-order valence-electron chi connectivity index (χ4n) is 1.97. The maximum Gasteiger partial charge on any atom is 0.341 e. The minimum atomic E-state index is -0.525. The van der Waals surface area contributed by atoms with Crippen LogP contribution in [0, 0.1) is 0 Å². The monoisotopic (exact) mass is 286 g/mol. The minimum absolute atomic E-state index is 0.137. The zero-order chi connectivity index (χ0) is 15.1. The van der Waals surface area contributed by atoms with Gasteiger partial charge < -0.3 is 14.6 Å². The quantitative estimate of drug-likeness (QED) is 0.654. The molecule has 0 saturated heterocycles. The summed E-state index contributed by atoms with van der Waals surface area (Å²) >= 11 is 0.